The maximum Gasteiger partial charge on any atom is 0.163 e. The number of benzene rings is 1. The molecule has 7 heteroatoms. The second-order valence-corrected chi connectivity index (χ2v) is 5.44. The van der Waals surface area contributed by atoms with Gasteiger partial charge in [0.2, 0.25) is 0 Å². The van der Waals surface area contributed by atoms with Crippen LogP contribution < -0.4 is 15.2 Å². The fraction of sp³-hybridized carbons (Fsp3) is 0.500. The van der Waals surface area contributed by atoms with E-state index in [0.717, 1.165) is 50.2 Å². The van der Waals surface area contributed by atoms with Crippen LogP contribution in [0.3, 0.4) is 0 Å². The van der Waals surface area contributed by atoms with E-state index in [9.17, 15) is 0 Å². The van der Waals surface area contributed by atoms with Crippen LogP contribution in [0.15, 0.2) is 18.5 Å². The zero-order chi connectivity index (χ0) is 16.1. The van der Waals surface area contributed by atoms with Crippen LogP contribution in [0.1, 0.15) is 6.42 Å². The Morgan fingerprint density at radius 2 is 2.04 bits per heavy atom. The summed E-state index contributed by atoms with van der Waals surface area (Å²) in [6.45, 7) is 5.26. The maximum absolute atomic E-state index is 5.88. The van der Waals surface area contributed by atoms with Crippen molar-refractivity contribution in [2.45, 2.75) is 6.42 Å². The molecule has 0 saturated carbocycles. The summed E-state index contributed by atoms with van der Waals surface area (Å²) in [4.78, 5) is 10.6. The zero-order valence-corrected chi connectivity index (χ0v) is 13.3. The van der Waals surface area contributed by atoms with Crippen LogP contribution in [0.25, 0.3) is 10.9 Å². The van der Waals surface area contributed by atoms with E-state index in [1.54, 1.807) is 7.11 Å². The lowest BCUT2D eigenvalue weighted by Gasteiger charge is -2.26. The van der Waals surface area contributed by atoms with Gasteiger partial charge in [-0.15, -0.1) is 0 Å². The highest BCUT2D eigenvalue weighted by atomic mass is 16.5. The fourth-order valence-corrected chi connectivity index (χ4v) is 2.65. The number of methoxy groups -OCH3 is 1. The van der Waals surface area contributed by atoms with Gasteiger partial charge in [-0.05, 0) is 12.5 Å². The highest BCUT2D eigenvalue weighted by Crippen LogP contribution is 2.33. The predicted molar refractivity (Wildman–Crippen MR) is 87.9 cm³/mol. The molecular weight excluding hydrogens is 296 g/mol. The Morgan fingerprint density at radius 3 is 2.83 bits per heavy atom. The standard InChI is InChI=1S/C16H22N4O3/c1-21-14-9-12-13(18-11-19-16(12)17)10-15(14)23-6-2-3-20-4-7-22-8-5-20/h9-11H,2-8H2,1H3,(H2,17,18,19). The summed E-state index contributed by atoms with van der Waals surface area (Å²) in [6, 6.07) is 3.67. The first-order chi connectivity index (χ1) is 11.3. The van der Waals surface area contributed by atoms with Gasteiger partial charge < -0.3 is 19.9 Å². The van der Waals surface area contributed by atoms with Crippen molar-refractivity contribution in [2.75, 3.05) is 52.3 Å². The van der Waals surface area contributed by atoms with Crippen molar-refractivity contribution in [3.8, 4) is 11.5 Å². The average Bonchev–Trinajstić information content (AvgIpc) is 2.59. The molecule has 2 aromatic rings. The van der Waals surface area contributed by atoms with Crippen LogP contribution in [0, 0.1) is 0 Å². The minimum Gasteiger partial charge on any atom is -0.493 e. The van der Waals surface area contributed by atoms with Gasteiger partial charge in [-0.3, -0.25) is 4.90 Å². The van der Waals surface area contributed by atoms with E-state index < -0.39 is 0 Å². The number of aromatic nitrogens is 2. The average molecular weight is 318 g/mol. The number of hydrogen-bond acceptors (Lipinski definition) is 7. The Balaban J connectivity index is 1.62. The normalized spacial score (nSPS) is 15.7. The van der Waals surface area contributed by atoms with Crippen LogP contribution >= 0.6 is 0 Å². The van der Waals surface area contributed by atoms with Gasteiger partial charge >= 0.3 is 0 Å². The topological polar surface area (TPSA) is 82.7 Å². The van der Waals surface area contributed by atoms with E-state index in [4.69, 9.17) is 19.9 Å². The summed E-state index contributed by atoms with van der Waals surface area (Å²) >= 11 is 0. The number of fused-ring (bicyclic) bond motifs is 1. The molecule has 0 bridgehead atoms. The van der Waals surface area contributed by atoms with Gasteiger partial charge in [0, 0.05) is 31.1 Å². The number of nitrogens with two attached hydrogens (primary N) is 1. The van der Waals surface area contributed by atoms with Crippen LogP contribution in [0.2, 0.25) is 0 Å². The van der Waals surface area contributed by atoms with Gasteiger partial charge in [0.1, 0.15) is 12.1 Å². The molecule has 3 rings (SSSR count). The molecule has 7 nitrogen and oxygen atoms in total. The minimum absolute atomic E-state index is 0.437. The molecule has 1 aliphatic rings. The van der Waals surface area contributed by atoms with Crippen molar-refractivity contribution in [1.82, 2.24) is 14.9 Å². The quantitative estimate of drug-likeness (QED) is 0.804. The molecule has 1 fully saturated rings. The van der Waals surface area contributed by atoms with Crippen molar-refractivity contribution in [1.29, 1.82) is 0 Å². The Labute approximate surface area is 135 Å². The largest absolute Gasteiger partial charge is 0.493 e. The second kappa shape index (κ2) is 7.43. The van der Waals surface area contributed by atoms with Crippen LogP contribution in [0.4, 0.5) is 5.82 Å². The number of ether oxygens (including phenoxy) is 3. The molecule has 1 aliphatic heterocycles. The van der Waals surface area contributed by atoms with Crippen molar-refractivity contribution >= 4 is 16.7 Å². The Hall–Kier alpha value is -2.12. The van der Waals surface area contributed by atoms with Crippen molar-refractivity contribution in [2.24, 2.45) is 0 Å². The van der Waals surface area contributed by atoms with E-state index >= 15 is 0 Å². The van der Waals surface area contributed by atoms with Gasteiger partial charge in [0.25, 0.3) is 0 Å². The highest BCUT2D eigenvalue weighted by Gasteiger charge is 2.12. The predicted octanol–water partition coefficient (Wildman–Crippen LogP) is 1.32. The first kappa shape index (κ1) is 15.8. The maximum atomic E-state index is 5.88. The number of morpholine rings is 1. The first-order valence-electron chi connectivity index (χ1n) is 7.79. The Morgan fingerprint density at radius 1 is 1.22 bits per heavy atom. The lowest BCUT2D eigenvalue weighted by Crippen LogP contribution is -2.37. The lowest BCUT2D eigenvalue weighted by atomic mass is 10.2. The third-order valence-corrected chi connectivity index (χ3v) is 3.93. The minimum atomic E-state index is 0.437. The Bertz CT molecular complexity index is 659. The van der Waals surface area contributed by atoms with E-state index in [-0.39, 0.29) is 0 Å². The van der Waals surface area contributed by atoms with E-state index in [1.807, 2.05) is 12.1 Å². The summed E-state index contributed by atoms with van der Waals surface area (Å²) < 4.78 is 16.6. The van der Waals surface area contributed by atoms with Gasteiger partial charge in [-0.25, -0.2) is 9.97 Å². The van der Waals surface area contributed by atoms with Gasteiger partial charge in [-0.2, -0.15) is 0 Å². The number of nitrogen functional groups attached to an aromatic ring is 1. The Kier molecular flexibility index (Phi) is 5.09. The smallest absolute Gasteiger partial charge is 0.163 e. The molecule has 0 spiro atoms. The van der Waals surface area contributed by atoms with Crippen molar-refractivity contribution in [3.05, 3.63) is 18.5 Å². The fourth-order valence-electron chi connectivity index (χ4n) is 2.65. The van der Waals surface area contributed by atoms with Gasteiger partial charge in [0.15, 0.2) is 11.5 Å². The molecule has 124 valence electrons. The zero-order valence-electron chi connectivity index (χ0n) is 13.3. The van der Waals surface area contributed by atoms with Crippen molar-refractivity contribution < 1.29 is 14.2 Å². The second-order valence-electron chi connectivity index (χ2n) is 5.44. The third-order valence-electron chi connectivity index (χ3n) is 3.93. The van der Waals surface area contributed by atoms with E-state index in [2.05, 4.69) is 14.9 Å². The molecule has 23 heavy (non-hydrogen) atoms. The monoisotopic (exact) mass is 318 g/mol. The molecular formula is C16H22N4O3. The van der Waals surface area contributed by atoms with E-state index in [0.29, 0.717) is 23.9 Å². The number of hydrogen-bond donors (Lipinski definition) is 1. The third kappa shape index (κ3) is 3.80. The van der Waals surface area contributed by atoms with Crippen LogP contribution in [-0.4, -0.2) is 61.4 Å². The molecule has 2 N–H and O–H groups in total. The summed E-state index contributed by atoms with van der Waals surface area (Å²) in [5.74, 6) is 1.76. The number of anilines is 1. The molecule has 1 aromatic heterocycles. The molecule has 2 heterocycles. The molecule has 0 unspecified atom stereocenters. The SMILES string of the molecule is COc1cc2c(N)ncnc2cc1OCCCN1CCOCC1. The van der Waals surface area contributed by atoms with Gasteiger partial charge in [0.05, 0.1) is 32.4 Å². The lowest BCUT2D eigenvalue weighted by molar-refractivity contribution is 0.0357. The summed E-state index contributed by atoms with van der Waals surface area (Å²) in [7, 11) is 1.61. The molecule has 0 amide bonds. The first-order valence-corrected chi connectivity index (χ1v) is 7.79. The molecule has 0 aliphatic carbocycles. The summed E-state index contributed by atoms with van der Waals surface area (Å²) in [5.41, 5.74) is 6.62. The molecule has 1 aromatic carbocycles. The van der Waals surface area contributed by atoms with Crippen LogP contribution in [0.5, 0.6) is 11.5 Å². The van der Waals surface area contributed by atoms with Crippen LogP contribution in [-0.2, 0) is 4.74 Å². The molecule has 0 radical (unpaired) electrons. The van der Waals surface area contributed by atoms with Gasteiger partial charge in [-0.1, -0.05) is 0 Å². The van der Waals surface area contributed by atoms with Crippen molar-refractivity contribution in [3.63, 3.8) is 0 Å². The molecule has 1 saturated heterocycles. The van der Waals surface area contributed by atoms with E-state index in [1.165, 1.54) is 6.33 Å². The summed E-state index contributed by atoms with van der Waals surface area (Å²) in [6.07, 6.45) is 2.40. The molecule has 0 atom stereocenters. The number of rotatable bonds is 6. The summed E-state index contributed by atoms with van der Waals surface area (Å²) in [5, 5.41) is 0.769. The highest BCUT2D eigenvalue weighted by molar-refractivity contribution is 5.90. The number of nitrogens with zero attached hydrogens (tertiary/aromatic N) is 3.